The van der Waals surface area contributed by atoms with Crippen LogP contribution in [0.4, 0.5) is 0 Å². The molecule has 1 aromatic heterocycles. The van der Waals surface area contributed by atoms with Crippen molar-refractivity contribution < 1.29 is 0 Å². The van der Waals surface area contributed by atoms with Crippen LogP contribution in [0.15, 0.2) is 28.9 Å². The van der Waals surface area contributed by atoms with Gasteiger partial charge in [0.1, 0.15) is 0 Å². The molecule has 0 saturated heterocycles. The average molecular weight is 236 g/mol. The van der Waals surface area contributed by atoms with E-state index in [4.69, 9.17) is 0 Å². The van der Waals surface area contributed by atoms with Crippen molar-refractivity contribution in [2.75, 3.05) is 0 Å². The lowest BCUT2D eigenvalue weighted by Gasteiger charge is -2.03. The zero-order valence-corrected chi connectivity index (χ0v) is 9.22. The van der Waals surface area contributed by atoms with E-state index in [-0.39, 0.29) is 0 Å². The van der Waals surface area contributed by atoms with Crippen molar-refractivity contribution in [3.63, 3.8) is 0 Å². The van der Waals surface area contributed by atoms with Crippen LogP contribution in [0.5, 0.6) is 0 Å². The van der Waals surface area contributed by atoms with E-state index in [2.05, 4.69) is 53.0 Å². The number of benzene rings is 1. The Kier molecular flexibility index (Phi) is 2.08. The second-order valence-electron chi connectivity index (χ2n) is 3.26. The largest absolute Gasteiger partial charge is 0.256 e. The number of rotatable bonds is 0. The van der Waals surface area contributed by atoms with Crippen LogP contribution in [0.2, 0.25) is 0 Å². The molecule has 2 heteroatoms. The van der Waals surface area contributed by atoms with E-state index >= 15 is 0 Å². The Hall–Kier alpha value is -0.890. The van der Waals surface area contributed by atoms with Crippen LogP contribution in [0.1, 0.15) is 11.1 Å². The van der Waals surface area contributed by atoms with Crippen molar-refractivity contribution in [3.8, 4) is 0 Å². The van der Waals surface area contributed by atoms with Gasteiger partial charge in [0, 0.05) is 16.1 Å². The van der Waals surface area contributed by atoms with Crippen molar-refractivity contribution in [2.45, 2.75) is 13.8 Å². The standard InChI is InChI=1S/C11H10BrN/c1-7-5-9-3-4-10(12)8(2)11(9)13-6-7/h3-6H,1-2H3. The monoisotopic (exact) mass is 235 g/mol. The quantitative estimate of drug-likeness (QED) is 0.680. The molecule has 0 aliphatic carbocycles. The molecule has 0 N–H and O–H groups in total. The molecule has 0 radical (unpaired) electrons. The maximum Gasteiger partial charge on any atom is 0.0742 e. The summed E-state index contributed by atoms with van der Waals surface area (Å²) in [5.74, 6) is 0. The lowest BCUT2D eigenvalue weighted by Crippen LogP contribution is -1.85. The molecule has 1 heterocycles. The van der Waals surface area contributed by atoms with Crippen molar-refractivity contribution in [1.29, 1.82) is 0 Å². The first-order valence-corrected chi connectivity index (χ1v) is 4.99. The Morgan fingerprint density at radius 3 is 2.77 bits per heavy atom. The Morgan fingerprint density at radius 2 is 2.00 bits per heavy atom. The highest BCUT2D eigenvalue weighted by Crippen LogP contribution is 2.24. The van der Waals surface area contributed by atoms with E-state index in [9.17, 15) is 0 Å². The molecule has 1 aromatic carbocycles. The molecule has 0 amide bonds. The van der Waals surface area contributed by atoms with Gasteiger partial charge < -0.3 is 0 Å². The van der Waals surface area contributed by atoms with E-state index in [1.54, 1.807) is 0 Å². The Bertz CT molecular complexity index is 463. The van der Waals surface area contributed by atoms with E-state index in [1.165, 1.54) is 16.5 Å². The third-order valence-corrected chi connectivity index (χ3v) is 3.04. The van der Waals surface area contributed by atoms with Crippen molar-refractivity contribution in [2.24, 2.45) is 0 Å². The van der Waals surface area contributed by atoms with Gasteiger partial charge in [0.25, 0.3) is 0 Å². The Balaban J connectivity index is 2.87. The number of pyridine rings is 1. The van der Waals surface area contributed by atoms with Gasteiger partial charge in [-0.1, -0.05) is 22.0 Å². The number of aryl methyl sites for hydroxylation is 2. The maximum absolute atomic E-state index is 4.41. The highest BCUT2D eigenvalue weighted by molar-refractivity contribution is 9.10. The van der Waals surface area contributed by atoms with Gasteiger partial charge in [0.05, 0.1) is 5.52 Å². The number of aromatic nitrogens is 1. The maximum atomic E-state index is 4.41. The number of fused-ring (bicyclic) bond motifs is 1. The van der Waals surface area contributed by atoms with Gasteiger partial charge >= 0.3 is 0 Å². The fourth-order valence-corrected chi connectivity index (χ4v) is 1.75. The van der Waals surface area contributed by atoms with Crippen molar-refractivity contribution in [3.05, 3.63) is 40.0 Å². The molecular weight excluding hydrogens is 226 g/mol. The fourth-order valence-electron chi connectivity index (χ4n) is 1.43. The molecule has 2 aromatic rings. The van der Waals surface area contributed by atoms with E-state index in [0.29, 0.717) is 0 Å². The minimum absolute atomic E-state index is 1.08. The van der Waals surface area contributed by atoms with E-state index in [1.807, 2.05) is 6.20 Å². The van der Waals surface area contributed by atoms with Gasteiger partial charge in [0.2, 0.25) is 0 Å². The van der Waals surface area contributed by atoms with Crippen LogP contribution < -0.4 is 0 Å². The summed E-state index contributed by atoms with van der Waals surface area (Å²) in [5, 5.41) is 1.21. The summed E-state index contributed by atoms with van der Waals surface area (Å²) in [4.78, 5) is 4.41. The predicted molar refractivity (Wildman–Crippen MR) is 58.9 cm³/mol. The highest BCUT2D eigenvalue weighted by atomic mass is 79.9. The molecule has 0 fully saturated rings. The Morgan fingerprint density at radius 1 is 1.23 bits per heavy atom. The van der Waals surface area contributed by atoms with E-state index in [0.717, 1.165) is 9.99 Å². The molecule has 0 atom stereocenters. The summed E-state index contributed by atoms with van der Waals surface area (Å²) in [7, 11) is 0. The minimum atomic E-state index is 1.08. The second-order valence-corrected chi connectivity index (χ2v) is 4.11. The summed E-state index contributed by atoms with van der Waals surface area (Å²) < 4.78 is 1.12. The number of hydrogen-bond acceptors (Lipinski definition) is 1. The van der Waals surface area contributed by atoms with Crippen LogP contribution in [0.25, 0.3) is 10.9 Å². The molecule has 66 valence electrons. The summed E-state index contributed by atoms with van der Waals surface area (Å²) in [5.41, 5.74) is 3.49. The fraction of sp³-hybridized carbons (Fsp3) is 0.182. The molecular formula is C11H10BrN. The molecule has 0 bridgehead atoms. The van der Waals surface area contributed by atoms with E-state index < -0.39 is 0 Å². The van der Waals surface area contributed by atoms with Gasteiger partial charge in [-0.15, -0.1) is 0 Å². The molecule has 0 aliphatic rings. The lowest BCUT2D eigenvalue weighted by atomic mass is 10.1. The summed E-state index contributed by atoms with van der Waals surface area (Å²) in [6.45, 7) is 4.14. The summed E-state index contributed by atoms with van der Waals surface area (Å²) in [6, 6.07) is 6.31. The first kappa shape index (κ1) is 8.70. The second kappa shape index (κ2) is 3.11. The SMILES string of the molecule is Cc1cnc2c(C)c(Br)ccc2c1. The molecule has 13 heavy (non-hydrogen) atoms. The highest BCUT2D eigenvalue weighted by Gasteiger charge is 2.01. The number of hydrogen-bond donors (Lipinski definition) is 0. The molecule has 0 unspecified atom stereocenters. The minimum Gasteiger partial charge on any atom is -0.256 e. The molecule has 1 nitrogen and oxygen atoms in total. The van der Waals surface area contributed by atoms with Gasteiger partial charge in [-0.05, 0) is 37.1 Å². The molecule has 0 aliphatic heterocycles. The van der Waals surface area contributed by atoms with Crippen LogP contribution in [-0.2, 0) is 0 Å². The van der Waals surface area contributed by atoms with Crippen molar-refractivity contribution in [1.82, 2.24) is 4.98 Å². The first-order chi connectivity index (χ1) is 6.18. The Labute approximate surface area is 85.9 Å². The first-order valence-electron chi connectivity index (χ1n) is 4.20. The van der Waals surface area contributed by atoms with Crippen LogP contribution in [-0.4, -0.2) is 4.98 Å². The zero-order valence-electron chi connectivity index (χ0n) is 7.63. The molecule has 0 spiro atoms. The number of nitrogens with zero attached hydrogens (tertiary/aromatic N) is 1. The third kappa shape index (κ3) is 1.46. The van der Waals surface area contributed by atoms with Gasteiger partial charge in [-0.3, -0.25) is 4.98 Å². The van der Waals surface area contributed by atoms with Gasteiger partial charge in [-0.25, -0.2) is 0 Å². The molecule has 0 saturated carbocycles. The predicted octanol–water partition coefficient (Wildman–Crippen LogP) is 3.61. The average Bonchev–Trinajstić information content (AvgIpc) is 2.12. The number of halogens is 1. The lowest BCUT2D eigenvalue weighted by molar-refractivity contribution is 1.30. The summed E-state index contributed by atoms with van der Waals surface area (Å²) in [6.07, 6.45) is 1.90. The smallest absolute Gasteiger partial charge is 0.0742 e. The van der Waals surface area contributed by atoms with Gasteiger partial charge in [0.15, 0.2) is 0 Å². The van der Waals surface area contributed by atoms with Crippen LogP contribution >= 0.6 is 15.9 Å². The third-order valence-electron chi connectivity index (χ3n) is 2.18. The van der Waals surface area contributed by atoms with Gasteiger partial charge in [-0.2, -0.15) is 0 Å². The normalized spacial score (nSPS) is 10.7. The zero-order chi connectivity index (χ0) is 9.42. The molecule has 2 rings (SSSR count). The van der Waals surface area contributed by atoms with Crippen LogP contribution in [0, 0.1) is 13.8 Å². The summed E-state index contributed by atoms with van der Waals surface area (Å²) >= 11 is 3.49. The van der Waals surface area contributed by atoms with Crippen molar-refractivity contribution >= 4 is 26.8 Å². The topological polar surface area (TPSA) is 12.9 Å². The van der Waals surface area contributed by atoms with Crippen LogP contribution in [0.3, 0.4) is 0 Å².